The highest BCUT2D eigenvalue weighted by Gasteiger charge is 2.46. The molecule has 0 aliphatic carbocycles. The molecular formula is C23H28N2P+. The molecule has 0 bridgehead atoms. The minimum absolute atomic E-state index is 0.0445. The Morgan fingerprint density at radius 3 is 1.54 bits per heavy atom. The van der Waals surface area contributed by atoms with Gasteiger partial charge in [-0.25, -0.2) is 5.09 Å². The van der Waals surface area contributed by atoms with Crippen LogP contribution in [-0.4, -0.2) is 5.54 Å². The summed E-state index contributed by atoms with van der Waals surface area (Å²) >= 11 is 0. The van der Waals surface area contributed by atoms with Crippen molar-refractivity contribution < 1.29 is 0 Å². The van der Waals surface area contributed by atoms with Gasteiger partial charge in [0.2, 0.25) is 7.56 Å². The van der Waals surface area contributed by atoms with E-state index in [1.54, 1.807) is 0 Å². The summed E-state index contributed by atoms with van der Waals surface area (Å²) in [5.74, 6) is 0. The standard InChI is InChI=1S/C23H28N2P/c1-19-15-17-20(18-16-19)24-26(25-23(2,3)4,21-11-7-5-8-12-21)22-13-9-6-10-14-22/h5-18,24-25H,1-4H3/q+1. The number of nitrogens with one attached hydrogen (secondary N) is 2. The van der Waals surface area contributed by atoms with Crippen LogP contribution >= 0.6 is 7.56 Å². The Hall–Kier alpha value is -2.15. The molecule has 134 valence electrons. The van der Waals surface area contributed by atoms with E-state index in [0.29, 0.717) is 0 Å². The second-order valence-electron chi connectivity index (χ2n) is 7.68. The van der Waals surface area contributed by atoms with Crippen molar-refractivity contribution in [2.75, 3.05) is 5.09 Å². The van der Waals surface area contributed by atoms with E-state index in [4.69, 9.17) is 0 Å². The molecule has 0 amide bonds. The van der Waals surface area contributed by atoms with Gasteiger partial charge in [0.05, 0.1) is 5.69 Å². The molecule has 2 N–H and O–H groups in total. The zero-order valence-electron chi connectivity index (χ0n) is 16.0. The molecule has 0 radical (unpaired) electrons. The van der Waals surface area contributed by atoms with Crippen molar-refractivity contribution in [1.82, 2.24) is 5.09 Å². The minimum Gasteiger partial charge on any atom is -0.235 e. The van der Waals surface area contributed by atoms with Gasteiger partial charge in [0.25, 0.3) is 0 Å². The molecule has 0 spiro atoms. The van der Waals surface area contributed by atoms with Gasteiger partial charge in [-0.2, -0.15) is 5.09 Å². The van der Waals surface area contributed by atoms with Crippen LogP contribution < -0.4 is 20.8 Å². The number of anilines is 1. The van der Waals surface area contributed by atoms with Gasteiger partial charge >= 0.3 is 0 Å². The third-order valence-corrected chi connectivity index (χ3v) is 7.88. The Morgan fingerprint density at radius 2 is 1.12 bits per heavy atom. The lowest BCUT2D eigenvalue weighted by Gasteiger charge is -2.34. The molecule has 2 nitrogen and oxygen atoms in total. The van der Waals surface area contributed by atoms with Gasteiger partial charge < -0.3 is 0 Å². The molecule has 0 heterocycles. The topological polar surface area (TPSA) is 24.1 Å². The summed E-state index contributed by atoms with van der Waals surface area (Å²) in [5, 5.41) is 10.5. The first-order valence-electron chi connectivity index (χ1n) is 9.04. The van der Waals surface area contributed by atoms with Crippen LogP contribution in [0.1, 0.15) is 26.3 Å². The van der Waals surface area contributed by atoms with Crippen LogP contribution in [0.25, 0.3) is 0 Å². The van der Waals surface area contributed by atoms with E-state index < -0.39 is 7.56 Å². The zero-order chi connectivity index (χ0) is 18.6. The van der Waals surface area contributed by atoms with Crippen LogP contribution in [-0.2, 0) is 0 Å². The van der Waals surface area contributed by atoms with Gasteiger partial charge in [0.15, 0.2) is 0 Å². The highest BCUT2D eigenvalue weighted by molar-refractivity contribution is 7.89. The maximum atomic E-state index is 3.97. The first kappa shape index (κ1) is 18.6. The quantitative estimate of drug-likeness (QED) is 0.602. The lowest BCUT2D eigenvalue weighted by Crippen LogP contribution is -2.46. The van der Waals surface area contributed by atoms with Crippen molar-refractivity contribution in [2.24, 2.45) is 0 Å². The van der Waals surface area contributed by atoms with E-state index in [1.807, 2.05) is 0 Å². The van der Waals surface area contributed by atoms with E-state index in [-0.39, 0.29) is 5.54 Å². The molecule has 26 heavy (non-hydrogen) atoms. The maximum Gasteiger partial charge on any atom is 0.236 e. The first-order chi connectivity index (χ1) is 12.4. The van der Waals surface area contributed by atoms with Gasteiger partial charge in [-0.05, 0) is 64.1 Å². The highest BCUT2D eigenvalue weighted by Crippen LogP contribution is 2.53. The normalized spacial score (nSPS) is 12.0. The lowest BCUT2D eigenvalue weighted by atomic mass is 10.1. The molecule has 0 unspecified atom stereocenters. The predicted molar refractivity (Wildman–Crippen MR) is 117 cm³/mol. The summed E-state index contributed by atoms with van der Waals surface area (Å²) in [5.41, 5.74) is 2.35. The lowest BCUT2D eigenvalue weighted by molar-refractivity contribution is 0.528. The molecule has 0 aliphatic heterocycles. The Bertz CT molecular complexity index is 782. The third kappa shape index (κ3) is 4.33. The second-order valence-corrected chi connectivity index (χ2v) is 10.5. The molecule has 3 aromatic rings. The number of benzene rings is 3. The molecule has 0 aliphatic rings. The summed E-state index contributed by atoms with van der Waals surface area (Å²) < 4.78 is 0. The van der Waals surface area contributed by atoms with Crippen LogP contribution in [0.5, 0.6) is 0 Å². The van der Waals surface area contributed by atoms with Crippen molar-refractivity contribution in [2.45, 2.75) is 33.2 Å². The maximum absolute atomic E-state index is 3.97. The van der Waals surface area contributed by atoms with Gasteiger partial charge in [-0.3, -0.25) is 0 Å². The molecular weight excluding hydrogens is 335 g/mol. The Balaban J connectivity index is 2.18. The van der Waals surface area contributed by atoms with Gasteiger partial charge in [-0.1, -0.05) is 54.1 Å². The fraction of sp³-hybridized carbons (Fsp3) is 0.217. The smallest absolute Gasteiger partial charge is 0.235 e. The molecule has 3 rings (SSSR count). The fourth-order valence-electron chi connectivity index (χ4n) is 3.06. The third-order valence-electron chi connectivity index (χ3n) is 4.14. The van der Waals surface area contributed by atoms with E-state index >= 15 is 0 Å². The summed E-state index contributed by atoms with van der Waals surface area (Å²) in [7, 11) is -2.06. The van der Waals surface area contributed by atoms with E-state index in [2.05, 4.69) is 123 Å². The molecule has 3 aromatic carbocycles. The van der Waals surface area contributed by atoms with Crippen LogP contribution in [0.15, 0.2) is 84.9 Å². The van der Waals surface area contributed by atoms with Gasteiger partial charge in [0.1, 0.15) is 10.6 Å². The van der Waals surface area contributed by atoms with Crippen LogP contribution in [0.2, 0.25) is 0 Å². The molecule has 0 aromatic heterocycles. The van der Waals surface area contributed by atoms with Crippen molar-refractivity contribution in [3.63, 3.8) is 0 Å². The van der Waals surface area contributed by atoms with Crippen LogP contribution in [0, 0.1) is 6.92 Å². The Morgan fingerprint density at radius 1 is 0.654 bits per heavy atom. The number of hydrogen-bond acceptors (Lipinski definition) is 2. The minimum atomic E-state index is -2.06. The highest BCUT2D eigenvalue weighted by atomic mass is 31.2. The van der Waals surface area contributed by atoms with E-state index in [1.165, 1.54) is 16.2 Å². The number of hydrogen-bond donors (Lipinski definition) is 2. The molecule has 0 fully saturated rings. The summed E-state index contributed by atoms with van der Waals surface area (Å²) in [6.45, 7) is 8.80. The SMILES string of the molecule is Cc1ccc(N[P+](NC(C)(C)C)(c2ccccc2)c2ccccc2)cc1. The van der Waals surface area contributed by atoms with Crippen molar-refractivity contribution in [1.29, 1.82) is 0 Å². The van der Waals surface area contributed by atoms with Gasteiger partial charge in [-0.15, -0.1) is 0 Å². The number of rotatable bonds is 5. The predicted octanol–water partition coefficient (Wildman–Crippen LogP) is 5.29. The first-order valence-corrected chi connectivity index (χ1v) is 10.8. The fourth-order valence-corrected chi connectivity index (χ4v) is 6.72. The van der Waals surface area contributed by atoms with E-state index in [9.17, 15) is 0 Å². The molecule has 0 saturated carbocycles. The van der Waals surface area contributed by atoms with Crippen molar-refractivity contribution >= 4 is 23.9 Å². The average molecular weight is 363 g/mol. The summed E-state index contributed by atoms with van der Waals surface area (Å²) in [6, 6.07) is 30.2. The average Bonchev–Trinajstić information content (AvgIpc) is 2.63. The summed E-state index contributed by atoms with van der Waals surface area (Å²) in [4.78, 5) is 0. The van der Waals surface area contributed by atoms with Crippen LogP contribution in [0.3, 0.4) is 0 Å². The monoisotopic (exact) mass is 363 g/mol. The van der Waals surface area contributed by atoms with Gasteiger partial charge in [0, 0.05) is 5.54 Å². The Kier molecular flexibility index (Phi) is 5.46. The second kappa shape index (κ2) is 7.61. The molecule has 3 heteroatoms. The van der Waals surface area contributed by atoms with Crippen LogP contribution in [0.4, 0.5) is 5.69 Å². The molecule has 0 saturated heterocycles. The van der Waals surface area contributed by atoms with Crippen molar-refractivity contribution in [3.05, 3.63) is 90.5 Å². The summed E-state index contributed by atoms with van der Waals surface area (Å²) in [6.07, 6.45) is 0. The largest absolute Gasteiger partial charge is 0.236 e. The molecule has 0 atom stereocenters. The zero-order valence-corrected chi connectivity index (χ0v) is 16.9. The Labute approximate surface area is 158 Å². The van der Waals surface area contributed by atoms with Crippen molar-refractivity contribution in [3.8, 4) is 0 Å². The number of aryl methyl sites for hydroxylation is 1. The van der Waals surface area contributed by atoms with E-state index in [0.717, 1.165) is 5.69 Å².